The third-order valence-corrected chi connectivity index (χ3v) is 2.62. The molecule has 74 valence electrons. The van der Waals surface area contributed by atoms with Gasteiger partial charge < -0.3 is 10.0 Å². The smallest absolute Gasteiger partial charge is 0.153 e. The maximum Gasteiger partial charge on any atom is 0.153 e. The van der Waals surface area contributed by atoms with Gasteiger partial charge in [0.25, 0.3) is 0 Å². The van der Waals surface area contributed by atoms with Crippen molar-refractivity contribution < 1.29 is 9.90 Å². The number of phenolic OH excluding ortho intramolecular Hbond substituents is 1. The fourth-order valence-electron chi connectivity index (χ4n) is 1.86. The molecule has 3 heteroatoms. The molecule has 1 aliphatic rings. The zero-order valence-electron chi connectivity index (χ0n) is 7.94. The Kier molecular flexibility index (Phi) is 2.39. The molecule has 0 atom stereocenters. The Morgan fingerprint density at radius 3 is 2.64 bits per heavy atom. The van der Waals surface area contributed by atoms with Gasteiger partial charge in [0.05, 0.1) is 11.3 Å². The Labute approximate surface area is 83.0 Å². The lowest BCUT2D eigenvalue weighted by Crippen LogP contribution is -2.17. The lowest BCUT2D eigenvalue weighted by atomic mass is 10.2. The van der Waals surface area contributed by atoms with Gasteiger partial charge in [-0.05, 0) is 25.0 Å². The molecule has 1 heterocycles. The van der Waals surface area contributed by atoms with Crippen LogP contribution in [0, 0.1) is 0 Å². The Hall–Kier alpha value is -1.51. The van der Waals surface area contributed by atoms with Crippen molar-refractivity contribution in [3.63, 3.8) is 0 Å². The molecule has 0 unspecified atom stereocenters. The topological polar surface area (TPSA) is 40.5 Å². The van der Waals surface area contributed by atoms with Gasteiger partial charge in [0, 0.05) is 13.1 Å². The number of carbonyl (C=O) groups is 1. The number of benzene rings is 1. The van der Waals surface area contributed by atoms with Crippen molar-refractivity contribution in [3.05, 3.63) is 23.8 Å². The molecule has 1 saturated heterocycles. The third-order valence-electron chi connectivity index (χ3n) is 2.62. The van der Waals surface area contributed by atoms with Gasteiger partial charge in [-0.25, -0.2) is 0 Å². The molecule has 0 amide bonds. The Balaban J connectivity index is 2.36. The average Bonchev–Trinajstić information content (AvgIpc) is 2.71. The SMILES string of the molecule is O=Cc1cccc(N2CCCC2)c1O. The first kappa shape index (κ1) is 9.06. The van der Waals surface area contributed by atoms with Crippen molar-refractivity contribution in [2.24, 2.45) is 0 Å². The van der Waals surface area contributed by atoms with Gasteiger partial charge in [0.1, 0.15) is 5.75 Å². The van der Waals surface area contributed by atoms with Crippen molar-refractivity contribution in [1.29, 1.82) is 0 Å². The van der Waals surface area contributed by atoms with Gasteiger partial charge in [0.2, 0.25) is 0 Å². The van der Waals surface area contributed by atoms with Crippen LogP contribution in [0.5, 0.6) is 5.75 Å². The monoisotopic (exact) mass is 191 g/mol. The molecular formula is C11H13NO2. The fourth-order valence-corrected chi connectivity index (χ4v) is 1.86. The van der Waals surface area contributed by atoms with E-state index in [1.807, 2.05) is 6.07 Å². The minimum Gasteiger partial charge on any atom is -0.505 e. The van der Waals surface area contributed by atoms with Crippen LogP contribution in [0.15, 0.2) is 18.2 Å². The highest BCUT2D eigenvalue weighted by Gasteiger charge is 2.16. The van der Waals surface area contributed by atoms with Crippen LogP contribution >= 0.6 is 0 Å². The van der Waals surface area contributed by atoms with Crippen LogP contribution in [0.2, 0.25) is 0 Å². The summed E-state index contributed by atoms with van der Waals surface area (Å²) in [4.78, 5) is 12.7. The zero-order valence-corrected chi connectivity index (χ0v) is 7.94. The van der Waals surface area contributed by atoms with Crippen molar-refractivity contribution >= 4 is 12.0 Å². The molecule has 0 aromatic heterocycles. The molecule has 0 spiro atoms. The number of hydrogen-bond acceptors (Lipinski definition) is 3. The number of aldehydes is 1. The Morgan fingerprint density at radius 1 is 1.29 bits per heavy atom. The first-order valence-electron chi connectivity index (χ1n) is 4.85. The minimum absolute atomic E-state index is 0.115. The number of phenols is 1. The van der Waals surface area contributed by atoms with Crippen LogP contribution in [0.1, 0.15) is 23.2 Å². The van der Waals surface area contributed by atoms with Gasteiger partial charge in [0.15, 0.2) is 6.29 Å². The summed E-state index contributed by atoms with van der Waals surface area (Å²) < 4.78 is 0. The highest BCUT2D eigenvalue weighted by atomic mass is 16.3. The summed E-state index contributed by atoms with van der Waals surface area (Å²) in [5.41, 5.74) is 1.15. The maximum atomic E-state index is 10.6. The number of anilines is 1. The normalized spacial score (nSPS) is 15.9. The van der Waals surface area contributed by atoms with Gasteiger partial charge in [-0.15, -0.1) is 0 Å². The van der Waals surface area contributed by atoms with Gasteiger partial charge in [-0.1, -0.05) is 6.07 Å². The zero-order chi connectivity index (χ0) is 9.97. The molecule has 1 aliphatic heterocycles. The van der Waals surface area contributed by atoms with E-state index in [4.69, 9.17) is 0 Å². The molecule has 0 saturated carbocycles. The molecule has 0 bridgehead atoms. The Morgan fingerprint density at radius 2 is 2.00 bits per heavy atom. The van der Waals surface area contributed by atoms with E-state index in [1.165, 1.54) is 0 Å². The second kappa shape index (κ2) is 3.70. The molecule has 1 aromatic carbocycles. The molecule has 14 heavy (non-hydrogen) atoms. The van der Waals surface area contributed by atoms with E-state index in [0.717, 1.165) is 31.6 Å². The highest BCUT2D eigenvalue weighted by Crippen LogP contribution is 2.31. The average molecular weight is 191 g/mol. The van der Waals surface area contributed by atoms with Crippen LogP contribution in [-0.2, 0) is 0 Å². The predicted molar refractivity (Wildman–Crippen MR) is 54.9 cm³/mol. The van der Waals surface area contributed by atoms with Crippen molar-refractivity contribution in [1.82, 2.24) is 0 Å². The summed E-state index contributed by atoms with van der Waals surface area (Å²) in [5.74, 6) is 0.115. The first-order chi connectivity index (χ1) is 6.83. The van der Waals surface area contributed by atoms with Gasteiger partial charge >= 0.3 is 0 Å². The number of para-hydroxylation sites is 1. The quantitative estimate of drug-likeness (QED) is 0.725. The number of carbonyl (C=O) groups excluding carboxylic acids is 1. The molecular weight excluding hydrogens is 178 g/mol. The second-order valence-electron chi connectivity index (χ2n) is 3.53. The van der Waals surface area contributed by atoms with Crippen molar-refractivity contribution in [2.75, 3.05) is 18.0 Å². The summed E-state index contributed by atoms with van der Waals surface area (Å²) >= 11 is 0. The van der Waals surface area contributed by atoms with E-state index in [0.29, 0.717) is 11.8 Å². The van der Waals surface area contributed by atoms with Crippen LogP contribution in [0.25, 0.3) is 0 Å². The molecule has 3 nitrogen and oxygen atoms in total. The summed E-state index contributed by atoms with van der Waals surface area (Å²) in [7, 11) is 0. The molecule has 0 aliphatic carbocycles. The summed E-state index contributed by atoms with van der Waals surface area (Å²) in [6.45, 7) is 1.94. The highest BCUT2D eigenvalue weighted by molar-refractivity contribution is 5.83. The van der Waals surface area contributed by atoms with Crippen molar-refractivity contribution in [2.45, 2.75) is 12.8 Å². The molecule has 1 aromatic rings. The van der Waals surface area contributed by atoms with Gasteiger partial charge in [-0.2, -0.15) is 0 Å². The molecule has 0 radical (unpaired) electrons. The van der Waals surface area contributed by atoms with E-state index in [1.54, 1.807) is 12.1 Å². The van der Waals surface area contributed by atoms with E-state index < -0.39 is 0 Å². The second-order valence-corrected chi connectivity index (χ2v) is 3.53. The predicted octanol–water partition coefficient (Wildman–Crippen LogP) is 1.80. The number of rotatable bonds is 2. The van der Waals surface area contributed by atoms with Crippen LogP contribution in [-0.4, -0.2) is 24.5 Å². The fraction of sp³-hybridized carbons (Fsp3) is 0.364. The summed E-state index contributed by atoms with van der Waals surface area (Å²) in [6, 6.07) is 5.28. The lowest BCUT2D eigenvalue weighted by Gasteiger charge is -2.19. The first-order valence-corrected chi connectivity index (χ1v) is 4.85. The molecule has 1 fully saturated rings. The van der Waals surface area contributed by atoms with E-state index >= 15 is 0 Å². The Bertz CT molecular complexity index is 343. The van der Waals surface area contributed by atoms with Crippen LogP contribution in [0.3, 0.4) is 0 Å². The van der Waals surface area contributed by atoms with E-state index in [-0.39, 0.29) is 5.75 Å². The lowest BCUT2D eigenvalue weighted by molar-refractivity contribution is 0.112. The van der Waals surface area contributed by atoms with Gasteiger partial charge in [-0.3, -0.25) is 4.79 Å². The minimum atomic E-state index is 0.115. The number of hydrogen-bond donors (Lipinski definition) is 1. The van der Waals surface area contributed by atoms with E-state index in [9.17, 15) is 9.90 Å². The third kappa shape index (κ3) is 1.45. The number of aromatic hydroxyl groups is 1. The molecule has 2 rings (SSSR count). The van der Waals surface area contributed by atoms with E-state index in [2.05, 4.69) is 4.90 Å². The van der Waals surface area contributed by atoms with Crippen LogP contribution in [0.4, 0.5) is 5.69 Å². The molecule has 1 N–H and O–H groups in total. The maximum absolute atomic E-state index is 10.6. The number of nitrogens with zero attached hydrogens (tertiary/aromatic N) is 1. The van der Waals surface area contributed by atoms with Crippen molar-refractivity contribution in [3.8, 4) is 5.75 Å². The van der Waals surface area contributed by atoms with Crippen LogP contribution < -0.4 is 4.90 Å². The standard InChI is InChI=1S/C11H13NO2/c13-8-9-4-3-5-10(11(9)14)12-6-1-2-7-12/h3-5,8,14H,1-2,6-7H2. The largest absolute Gasteiger partial charge is 0.505 e. The summed E-state index contributed by atoms with van der Waals surface area (Å²) in [6.07, 6.45) is 3.00. The summed E-state index contributed by atoms with van der Waals surface area (Å²) in [5, 5.41) is 9.78.